The number of benzene rings is 7. The van der Waals surface area contributed by atoms with E-state index in [-0.39, 0.29) is 0 Å². The second kappa shape index (κ2) is 21.1. The smallest absolute Gasteiger partial charge is 0.0461 e. The van der Waals surface area contributed by atoms with Crippen LogP contribution in [0.4, 0.5) is 34.1 Å². The van der Waals surface area contributed by atoms with Crippen LogP contribution in [-0.2, 0) is 6.42 Å². The van der Waals surface area contributed by atoms with E-state index < -0.39 is 0 Å². The van der Waals surface area contributed by atoms with Gasteiger partial charge in [0, 0.05) is 34.1 Å². The molecule has 0 N–H and O–H groups in total. The van der Waals surface area contributed by atoms with E-state index in [2.05, 4.69) is 249 Å². The van der Waals surface area contributed by atoms with Crippen molar-refractivity contribution in [2.24, 2.45) is 11.8 Å². The summed E-state index contributed by atoms with van der Waals surface area (Å²) in [5.74, 6) is 2.45. The Labute approximate surface area is 369 Å². The summed E-state index contributed by atoms with van der Waals surface area (Å²) < 4.78 is 0. The van der Waals surface area contributed by atoms with E-state index in [0.29, 0.717) is 23.7 Å². The largest absolute Gasteiger partial charge is 0.311 e. The molecule has 2 nitrogen and oxygen atoms in total. The molecule has 0 fully saturated rings. The van der Waals surface area contributed by atoms with E-state index in [1.165, 1.54) is 91.5 Å². The first-order valence-electron chi connectivity index (χ1n) is 22.6. The van der Waals surface area contributed by atoms with Gasteiger partial charge in [-0.1, -0.05) is 172 Å². The third-order valence-electron chi connectivity index (χ3n) is 12.8. The number of rotatable bonds is 14. The van der Waals surface area contributed by atoms with E-state index in [9.17, 15) is 0 Å². The van der Waals surface area contributed by atoms with Crippen LogP contribution in [0.2, 0.25) is 0 Å². The van der Waals surface area contributed by atoms with Gasteiger partial charge >= 0.3 is 0 Å². The van der Waals surface area contributed by atoms with Crippen molar-refractivity contribution in [2.45, 2.75) is 100 Å². The molecule has 0 aliphatic carbocycles. The minimum absolute atomic E-state index is 0.513. The summed E-state index contributed by atoms with van der Waals surface area (Å²) in [6.07, 6.45) is 3.46. The summed E-state index contributed by atoms with van der Waals surface area (Å²) in [5.41, 5.74) is 17.8. The predicted octanol–water partition coefficient (Wildman–Crippen LogP) is 17.4. The van der Waals surface area contributed by atoms with Gasteiger partial charge in [0.2, 0.25) is 0 Å². The van der Waals surface area contributed by atoms with Gasteiger partial charge in [-0.2, -0.15) is 0 Å². The fourth-order valence-electron chi connectivity index (χ4n) is 8.06. The van der Waals surface area contributed by atoms with Gasteiger partial charge in [0.1, 0.15) is 0 Å². The normalized spacial score (nSPS) is 13.0. The topological polar surface area (TPSA) is 6.48 Å². The van der Waals surface area contributed by atoms with Gasteiger partial charge in [-0.05, 0) is 154 Å². The van der Waals surface area contributed by atoms with Crippen LogP contribution in [0.25, 0.3) is 0 Å². The Morgan fingerprint density at radius 3 is 0.869 bits per heavy atom. The molecule has 61 heavy (non-hydrogen) atoms. The molecule has 0 bridgehead atoms. The number of hydrogen-bond donors (Lipinski definition) is 0. The lowest BCUT2D eigenvalue weighted by Gasteiger charge is -2.27. The molecule has 0 heterocycles. The number of hydrogen-bond acceptors (Lipinski definition) is 2. The van der Waals surface area contributed by atoms with Crippen LogP contribution in [0, 0.1) is 46.5 Å². The molecule has 7 rings (SSSR count). The zero-order valence-electron chi connectivity index (χ0n) is 38.5. The monoisotopic (exact) mass is 805 g/mol. The molecule has 0 radical (unpaired) electrons. The van der Waals surface area contributed by atoms with E-state index in [1.54, 1.807) is 0 Å². The second-order valence-electron chi connectivity index (χ2n) is 17.6. The first-order valence-corrected chi connectivity index (χ1v) is 22.6. The molecule has 0 saturated heterocycles. The standard InChI is InChI=1S/C38H47N.C21H21N/c1-8-29(5)31(7)33-16-18-34(19-17-33)38(30(6)9-2)26-32-14-24-37(25-15-32)39(35-20-10-27(3)11-21-35)36-22-12-28(4)13-23-36;1-16-4-10-19(11-5-16)22(20-12-6-17(2)7-13-20)21-14-8-18(3)9-15-21/h10-25,29-31,38H,8-9,26H2,1-7H3;4-15H,1-3H3. The molecule has 0 saturated carbocycles. The summed E-state index contributed by atoms with van der Waals surface area (Å²) in [5, 5.41) is 0. The first kappa shape index (κ1) is 44.7. The second-order valence-corrected chi connectivity index (χ2v) is 17.6. The van der Waals surface area contributed by atoms with Crippen molar-refractivity contribution in [2.75, 3.05) is 9.80 Å². The molecular weight excluding hydrogens is 737 g/mol. The highest BCUT2D eigenvalue weighted by Gasteiger charge is 2.21. The van der Waals surface area contributed by atoms with Gasteiger partial charge in [0.15, 0.2) is 0 Å². The summed E-state index contributed by atoms with van der Waals surface area (Å²) in [6.45, 7) is 22.4. The molecule has 0 amide bonds. The van der Waals surface area contributed by atoms with Crippen LogP contribution in [-0.4, -0.2) is 0 Å². The molecule has 4 unspecified atom stereocenters. The van der Waals surface area contributed by atoms with Crippen LogP contribution in [0.3, 0.4) is 0 Å². The van der Waals surface area contributed by atoms with Gasteiger partial charge in [0.25, 0.3) is 0 Å². The van der Waals surface area contributed by atoms with Crippen LogP contribution in [0.5, 0.6) is 0 Å². The summed E-state index contributed by atoms with van der Waals surface area (Å²) in [4.78, 5) is 4.64. The van der Waals surface area contributed by atoms with Gasteiger partial charge in [-0.3, -0.25) is 0 Å². The minimum Gasteiger partial charge on any atom is -0.311 e. The summed E-state index contributed by atoms with van der Waals surface area (Å²) >= 11 is 0. The maximum atomic E-state index is 2.41. The number of anilines is 6. The Morgan fingerprint density at radius 2 is 0.590 bits per heavy atom. The number of aryl methyl sites for hydroxylation is 5. The van der Waals surface area contributed by atoms with Crippen molar-refractivity contribution in [3.05, 3.63) is 214 Å². The zero-order valence-corrected chi connectivity index (χ0v) is 38.5. The van der Waals surface area contributed by atoms with E-state index in [0.717, 1.165) is 6.42 Å². The lowest BCUT2D eigenvalue weighted by molar-refractivity contribution is 0.442. The highest BCUT2D eigenvalue weighted by Crippen LogP contribution is 2.38. The van der Waals surface area contributed by atoms with Crippen molar-refractivity contribution in [1.29, 1.82) is 0 Å². The van der Waals surface area contributed by atoms with Crippen LogP contribution >= 0.6 is 0 Å². The van der Waals surface area contributed by atoms with Crippen LogP contribution in [0.1, 0.15) is 104 Å². The zero-order chi connectivity index (χ0) is 43.5. The van der Waals surface area contributed by atoms with Gasteiger partial charge < -0.3 is 9.80 Å². The third kappa shape index (κ3) is 11.7. The van der Waals surface area contributed by atoms with Gasteiger partial charge in [-0.15, -0.1) is 0 Å². The molecule has 0 spiro atoms. The molecule has 4 atom stereocenters. The van der Waals surface area contributed by atoms with Crippen LogP contribution < -0.4 is 9.80 Å². The quantitative estimate of drug-likeness (QED) is 0.108. The Bertz CT molecular complexity index is 2200. The SMILES string of the molecule is CCC(C)C(C)c1ccc(C(Cc2ccc(N(c3ccc(C)cc3)c3ccc(C)cc3)cc2)C(C)CC)cc1.Cc1ccc(N(c2ccc(C)cc2)c2ccc(C)cc2)cc1. The molecule has 7 aromatic carbocycles. The Morgan fingerprint density at radius 1 is 0.328 bits per heavy atom. The van der Waals surface area contributed by atoms with E-state index >= 15 is 0 Å². The predicted molar refractivity (Wildman–Crippen MR) is 266 cm³/mol. The Balaban J connectivity index is 0.000000238. The van der Waals surface area contributed by atoms with Crippen molar-refractivity contribution < 1.29 is 0 Å². The highest BCUT2D eigenvalue weighted by atomic mass is 15.1. The number of nitrogens with zero attached hydrogens (tertiary/aromatic N) is 2. The molecule has 7 aromatic rings. The summed E-state index contributed by atoms with van der Waals surface area (Å²) in [7, 11) is 0. The molecule has 0 aliphatic rings. The lowest BCUT2D eigenvalue weighted by atomic mass is 9.80. The molecule has 314 valence electrons. The molecule has 2 heteroatoms. The van der Waals surface area contributed by atoms with Crippen LogP contribution in [0.15, 0.2) is 170 Å². The van der Waals surface area contributed by atoms with Crippen molar-refractivity contribution >= 4 is 34.1 Å². The fourth-order valence-corrected chi connectivity index (χ4v) is 8.06. The molecule has 0 aromatic heterocycles. The molecule has 0 aliphatic heterocycles. The van der Waals surface area contributed by atoms with Gasteiger partial charge in [-0.25, -0.2) is 0 Å². The van der Waals surface area contributed by atoms with Crippen molar-refractivity contribution in [1.82, 2.24) is 0 Å². The Hall–Kier alpha value is -5.86. The third-order valence-corrected chi connectivity index (χ3v) is 12.8. The van der Waals surface area contributed by atoms with Crippen molar-refractivity contribution in [3.8, 4) is 0 Å². The fraction of sp³-hybridized carbons (Fsp3) is 0.288. The Kier molecular flexibility index (Phi) is 15.5. The average molecular weight is 805 g/mol. The van der Waals surface area contributed by atoms with E-state index in [1.807, 2.05) is 0 Å². The van der Waals surface area contributed by atoms with Crippen molar-refractivity contribution in [3.63, 3.8) is 0 Å². The maximum absolute atomic E-state index is 2.41. The van der Waals surface area contributed by atoms with Gasteiger partial charge in [0.05, 0.1) is 0 Å². The molecular formula is C59H68N2. The summed E-state index contributed by atoms with van der Waals surface area (Å²) in [6, 6.07) is 62.4. The maximum Gasteiger partial charge on any atom is 0.0461 e. The minimum atomic E-state index is 0.513. The average Bonchev–Trinajstić information content (AvgIpc) is 3.29. The first-order chi connectivity index (χ1) is 29.4. The lowest BCUT2D eigenvalue weighted by Crippen LogP contribution is -2.13. The van der Waals surface area contributed by atoms with E-state index in [4.69, 9.17) is 0 Å². The highest BCUT2D eigenvalue weighted by molar-refractivity contribution is 5.78.